The van der Waals surface area contributed by atoms with E-state index in [4.69, 9.17) is 5.11 Å². The summed E-state index contributed by atoms with van der Waals surface area (Å²) in [4.78, 5) is 21.6. The Hall–Kier alpha value is -1.32. The summed E-state index contributed by atoms with van der Waals surface area (Å²) in [5.74, 6) is -0.836. The summed E-state index contributed by atoms with van der Waals surface area (Å²) < 4.78 is 0. The van der Waals surface area contributed by atoms with E-state index < -0.39 is 5.97 Å². The highest BCUT2D eigenvalue weighted by Gasteiger charge is 2.09. The second-order valence-corrected chi connectivity index (χ2v) is 3.51. The molecule has 2 N–H and O–H groups in total. The third-order valence-corrected chi connectivity index (χ3v) is 1.72. The van der Waals surface area contributed by atoms with Crippen LogP contribution < -0.4 is 5.32 Å². The summed E-state index contributed by atoms with van der Waals surface area (Å²) in [5.41, 5.74) is 0.309. The summed E-state index contributed by atoms with van der Waals surface area (Å²) in [5, 5.41) is 11.2. The van der Waals surface area contributed by atoms with E-state index in [-0.39, 0.29) is 18.2 Å². The zero-order valence-electron chi connectivity index (χ0n) is 8.83. The Morgan fingerprint density at radius 1 is 1.43 bits per heavy atom. The second kappa shape index (κ2) is 6.18. The van der Waals surface area contributed by atoms with E-state index in [9.17, 15) is 9.59 Å². The maximum atomic E-state index is 10.9. The number of carboxylic acid groups (broad SMARTS) is 1. The van der Waals surface area contributed by atoms with Crippen molar-refractivity contribution in [2.45, 2.75) is 26.7 Å². The minimum atomic E-state index is -0.942. The van der Waals surface area contributed by atoms with Crippen molar-refractivity contribution in [1.29, 1.82) is 0 Å². The molecule has 0 rings (SSSR count). The number of rotatable bonds is 5. The third kappa shape index (κ3) is 5.35. The summed E-state index contributed by atoms with van der Waals surface area (Å²) in [6.45, 7) is 3.88. The molecule has 0 radical (unpaired) electrons. The van der Waals surface area contributed by atoms with Crippen LogP contribution in [0.15, 0.2) is 11.6 Å². The van der Waals surface area contributed by atoms with Gasteiger partial charge in [0.15, 0.2) is 0 Å². The van der Waals surface area contributed by atoms with Crippen molar-refractivity contribution in [1.82, 2.24) is 5.32 Å². The van der Waals surface area contributed by atoms with E-state index in [1.807, 2.05) is 13.8 Å². The molecule has 0 saturated heterocycles. The van der Waals surface area contributed by atoms with Crippen LogP contribution in [0.1, 0.15) is 26.7 Å². The lowest BCUT2D eigenvalue weighted by molar-refractivity contribution is -0.132. The quantitative estimate of drug-likeness (QED) is 0.653. The number of carbonyl (C=O) groups excluding carboxylic acids is 1. The molecule has 1 amide bonds. The smallest absolute Gasteiger partial charge is 0.331 e. The fraction of sp³-hybridized carbons (Fsp3) is 0.600. The summed E-state index contributed by atoms with van der Waals surface area (Å²) in [7, 11) is 1.53. The number of amides is 1. The van der Waals surface area contributed by atoms with E-state index in [1.165, 1.54) is 13.1 Å². The standard InChI is InChI=1S/C10H17NO3/c1-7(2)6-8(10(13)14)4-5-9(12)11-3/h4,7H,5-6H2,1-3H3,(H,11,12)(H,13,14)/b8-4+. The molecule has 0 aromatic rings. The number of hydrogen-bond donors (Lipinski definition) is 2. The number of aliphatic carboxylic acids is 1. The maximum Gasteiger partial charge on any atom is 0.331 e. The molecule has 0 aliphatic rings. The first-order chi connectivity index (χ1) is 6.47. The van der Waals surface area contributed by atoms with Crippen LogP contribution in [0.2, 0.25) is 0 Å². The molecular formula is C10H17NO3. The number of carboxylic acids is 1. The van der Waals surface area contributed by atoms with Gasteiger partial charge >= 0.3 is 5.97 Å². The van der Waals surface area contributed by atoms with Gasteiger partial charge in [-0.1, -0.05) is 19.9 Å². The van der Waals surface area contributed by atoms with Crippen molar-refractivity contribution in [3.63, 3.8) is 0 Å². The molecule has 0 aliphatic carbocycles. The zero-order chi connectivity index (χ0) is 11.1. The van der Waals surface area contributed by atoms with Gasteiger partial charge in [0.25, 0.3) is 0 Å². The van der Waals surface area contributed by atoms with Crippen molar-refractivity contribution in [2.24, 2.45) is 5.92 Å². The van der Waals surface area contributed by atoms with Gasteiger partial charge in [-0.2, -0.15) is 0 Å². The molecule has 0 spiro atoms. The van der Waals surface area contributed by atoms with Crippen LogP contribution in [-0.2, 0) is 9.59 Å². The highest BCUT2D eigenvalue weighted by Crippen LogP contribution is 2.11. The zero-order valence-corrected chi connectivity index (χ0v) is 8.83. The van der Waals surface area contributed by atoms with Gasteiger partial charge in [-0.05, 0) is 12.3 Å². The molecule has 14 heavy (non-hydrogen) atoms. The fourth-order valence-electron chi connectivity index (χ4n) is 1.02. The van der Waals surface area contributed by atoms with Crippen molar-refractivity contribution in [2.75, 3.05) is 7.05 Å². The SMILES string of the molecule is CNC(=O)C/C=C(\CC(C)C)C(=O)O. The van der Waals surface area contributed by atoms with Crippen LogP contribution in [0, 0.1) is 5.92 Å². The Bertz CT molecular complexity index is 244. The highest BCUT2D eigenvalue weighted by atomic mass is 16.4. The minimum absolute atomic E-state index is 0.130. The molecule has 0 saturated carbocycles. The summed E-state index contributed by atoms with van der Waals surface area (Å²) in [6, 6.07) is 0. The monoisotopic (exact) mass is 199 g/mol. The lowest BCUT2D eigenvalue weighted by Gasteiger charge is -2.05. The van der Waals surface area contributed by atoms with E-state index in [0.717, 1.165) is 0 Å². The molecule has 80 valence electrons. The highest BCUT2D eigenvalue weighted by molar-refractivity contribution is 5.88. The summed E-state index contributed by atoms with van der Waals surface area (Å²) >= 11 is 0. The van der Waals surface area contributed by atoms with Crippen LogP contribution in [0.4, 0.5) is 0 Å². The van der Waals surface area contributed by atoms with E-state index in [1.54, 1.807) is 0 Å². The Balaban J connectivity index is 4.33. The summed E-state index contributed by atoms with van der Waals surface area (Å²) in [6.07, 6.45) is 2.10. The van der Waals surface area contributed by atoms with Crippen LogP contribution in [-0.4, -0.2) is 24.0 Å². The van der Waals surface area contributed by atoms with Gasteiger partial charge in [0.05, 0.1) is 0 Å². The number of carbonyl (C=O) groups is 2. The molecule has 4 nitrogen and oxygen atoms in total. The van der Waals surface area contributed by atoms with Gasteiger partial charge in [-0.3, -0.25) is 4.79 Å². The van der Waals surface area contributed by atoms with Gasteiger partial charge in [0, 0.05) is 19.0 Å². The first-order valence-electron chi connectivity index (χ1n) is 4.60. The van der Waals surface area contributed by atoms with Gasteiger partial charge in [0.2, 0.25) is 5.91 Å². The molecule has 0 aromatic heterocycles. The third-order valence-electron chi connectivity index (χ3n) is 1.72. The van der Waals surface area contributed by atoms with Gasteiger partial charge in [0.1, 0.15) is 0 Å². The first kappa shape index (κ1) is 12.7. The van der Waals surface area contributed by atoms with Crippen molar-refractivity contribution in [3.05, 3.63) is 11.6 Å². The predicted octanol–water partition coefficient (Wildman–Crippen LogP) is 1.18. The van der Waals surface area contributed by atoms with Crippen molar-refractivity contribution in [3.8, 4) is 0 Å². The molecule has 4 heteroatoms. The average molecular weight is 199 g/mol. The van der Waals surface area contributed by atoms with Gasteiger partial charge < -0.3 is 10.4 Å². The van der Waals surface area contributed by atoms with Gasteiger partial charge in [-0.15, -0.1) is 0 Å². The lowest BCUT2D eigenvalue weighted by Crippen LogP contribution is -2.17. The molecule has 0 aliphatic heterocycles. The largest absolute Gasteiger partial charge is 0.478 e. The van der Waals surface area contributed by atoms with Crippen molar-refractivity contribution >= 4 is 11.9 Å². The minimum Gasteiger partial charge on any atom is -0.478 e. The Morgan fingerprint density at radius 2 is 2.00 bits per heavy atom. The Kier molecular flexibility index (Phi) is 5.60. The van der Waals surface area contributed by atoms with Gasteiger partial charge in [-0.25, -0.2) is 4.79 Å². The fourth-order valence-corrected chi connectivity index (χ4v) is 1.02. The molecule has 0 unspecified atom stereocenters. The van der Waals surface area contributed by atoms with Crippen LogP contribution in [0.3, 0.4) is 0 Å². The predicted molar refractivity (Wildman–Crippen MR) is 53.9 cm³/mol. The average Bonchev–Trinajstić information content (AvgIpc) is 2.10. The molecular weight excluding hydrogens is 182 g/mol. The van der Waals surface area contributed by atoms with E-state index >= 15 is 0 Å². The van der Waals surface area contributed by atoms with Crippen LogP contribution in [0.5, 0.6) is 0 Å². The molecule has 0 bridgehead atoms. The van der Waals surface area contributed by atoms with Crippen molar-refractivity contribution < 1.29 is 14.7 Å². The van der Waals surface area contributed by atoms with Crippen LogP contribution in [0.25, 0.3) is 0 Å². The number of hydrogen-bond acceptors (Lipinski definition) is 2. The molecule has 0 heterocycles. The Labute approximate surface area is 84.0 Å². The molecule has 0 fully saturated rings. The number of nitrogens with one attached hydrogen (secondary N) is 1. The topological polar surface area (TPSA) is 66.4 Å². The normalized spacial score (nSPS) is 11.6. The Morgan fingerprint density at radius 3 is 2.36 bits per heavy atom. The maximum absolute atomic E-state index is 10.9. The van der Waals surface area contributed by atoms with E-state index in [2.05, 4.69) is 5.32 Å². The second-order valence-electron chi connectivity index (χ2n) is 3.51. The molecule has 0 atom stereocenters. The van der Waals surface area contributed by atoms with Crippen LogP contribution >= 0.6 is 0 Å². The first-order valence-corrected chi connectivity index (χ1v) is 4.60. The van der Waals surface area contributed by atoms with E-state index in [0.29, 0.717) is 12.0 Å². The lowest BCUT2D eigenvalue weighted by atomic mass is 10.0. The molecule has 0 aromatic carbocycles.